The average molecular weight is 367 g/mol. The largest absolute Gasteiger partial charge is 0.480 e. The van der Waals surface area contributed by atoms with Crippen molar-refractivity contribution < 1.29 is 49.3 Å². The normalized spacial score (nSPS) is 31.2. The lowest BCUT2D eigenvalue weighted by molar-refractivity contribution is -0.301. The molecule has 1 fully saturated rings. The van der Waals surface area contributed by atoms with Gasteiger partial charge in [-0.3, -0.25) is 0 Å². The number of amides is 1. The van der Waals surface area contributed by atoms with Crippen molar-refractivity contribution in [3.8, 4) is 0 Å². The summed E-state index contributed by atoms with van der Waals surface area (Å²) in [7, 11) is 0. The monoisotopic (exact) mass is 367 g/mol. The second-order valence-electron chi connectivity index (χ2n) is 6.57. The highest BCUT2D eigenvalue weighted by atomic mass is 16.7. The van der Waals surface area contributed by atoms with E-state index in [-0.39, 0.29) is 0 Å². The molecule has 1 saturated heterocycles. The molecular weight excluding hydrogens is 342 g/mol. The van der Waals surface area contributed by atoms with Crippen molar-refractivity contribution in [2.45, 2.75) is 63.1 Å². The van der Waals surface area contributed by atoms with E-state index in [4.69, 9.17) is 24.4 Å². The molecule has 11 nitrogen and oxygen atoms in total. The molecule has 0 saturated carbocycles. The number of rotatable bonds is 6. The van der Waals surface area contributed by atoms with Gasteiger partial charge < -0.3 is 45.1 Å². The summed E-state index contributed by atoms with van der Waals surface area (Å²) in [6.07, 6.45) is -8.55. The van der Waals surface area contributed by atoms with Gasteiger partial charge in [0.05, 0.1) is 13.2 Å². The van der Waals surface area contributed by atoms with Crippen LogP contribution in [0.5, 0.6) is 0 Å². The molecule has 0 bridgehead atoms. The van der Waals surface area contributed by atoms with Crippen LogP contribution in [0.15, 0.2) is 0 Å². The molecule has 1 amide bonds. The number of carbonyl (C=O) groups is 2. The molecule has 0 spiro atoms. The number of carboxylic acids is 1. The van der Waals surface area contributed by atoms with Crippen molar-refractivity contribution in [1.82, 2.24) is 5.32 Å². The molecule has 1 unspecified atom stereocenters. The van der Waals surface area contributed by atoms with Crippen LogP contribution in [0.3, 0.4) is 0 Å². The first-order valence-corrected chi connectivity index (χ1v) is 7.60. The third-order valence-corrected chi connectivity index (χ3v) is 3.26. The Hall–Kier alpha value is -1.50. The third kappa shape index (κ3) is 6.38. The fourth-order valence-corrected chi connectivity index (χ4v) is 2.02. The van der Waals surface area contributed by atoms with E-state index in [2.05, 4.69) is 5.32 Å². The lowest BCUT2D eigenvalue weighted by atomic mass is 9.99. The minimum absolute atomic E-state index is 0.614. The van der Waals surface area contributed by atoms with Crippen molar-refractivity contribution >= 4 is 12.1 Å². The fraction of sp³-hybridized carbons (Fsp3) is 0.857. The Morgan fingerprint density at radius 2 is 1.76 bits per heavy atom. The fourth-order valence-electron chi connectivity index (χ4n) is 2.02. The first kappa shape index (κ1) is 21.5. The molecule has 0 radical (unpaired) electrons. The number of hydrogen-bond acceptors (Lipinski definition) is 9. The van der Waals surface area contributed by atoms with Gasteiger partial charge in [0.2, 0.25) is 0 Å². The van der Waals surface area contributed by atoms with Crippen LogP contribution in [0.1, 0.15) is 20.8 Å². The minimum atomic E-state index is -1.67. The van der Waals surface area contributed by atoms with E-state index in [1.54, 1.807) is 20.8 Å². The second-order valence-corrected chi connectivity index (χ2v) is 6.57. The van der Waals surface area contributed by atoms with Crippen LogP contribution in [0.2, 0.25) is 0 Å². The summed E-state index contributed by atoms with van der Waals surface area (Å²) in [6.45, 7) is 3.55. The molecule has 25 heavy (non-hydrogen) atoms. The molecule has 1 rings (SSSR count). The summed E-state index contributed by atoms with van der Waals surface area (Å²) < 4.78 is 15.1. The molecule has 1 aliphatic rings. The van der Waals surface area contributed by atoms with E-state index in [9.17, 15) is 24.9 Å². The van der Waals surface area contributed by atoms with Gasteiger partial charge >= 0.3 is 12.1 Å². The van der Waals surface area contributed by atoms with Crippen molar-refractivity contribution in [2.24, 2.45) is 0 Å². The van der Waals surface area contributed by atoms with Gasteiger partial charge in [0.15, 0.2) is 12.3 Å². The van der Waals surface area contributed by atoms with Crippen LogP contribution in [-0.4, -0.2) is 93.2 Å². The van der Waals surface area contributed by atoms with E-state index in [0.717, 1.165) is 0 Å². The number of ether oxygens (including phenoxy) is 3. The molecule has 1 aliphatic heterocycles. The van der Waals surface area contributed by atoms with Gasteiger partial charge in [0.1, 0.15) is 30.0 Å². The van der Waals surface area contributed by atoms with Gasteiger partial charge in [-0.05, 0) is 20.8 Å². The van der Waals surface area contributed by atoms with Crippen LogP contribution in [0.25, 0.3) is 0 Å². The number of aliphatic carboxylic acids is 1. The predicted octanol–water partition coefficient (Wildman–Crippen LogP) is -2.22. The zero-order chi connectivity index (χ0) is 19.4. The molecule has 6 atom stereocenters. The zero-order valence-electron chi connectivity index (χ0n) is 14.2. The molecule has 6 N–H and O–H groups in total. The van der Waals surface area contributed by atoms with Gasteiger partial charge in [-0.15, -0.1) is 0 Å². The van der Waals surface area contributed by atoms with Crippen LogP contribution < -0.4 is 5.32 Å². The third-order valence-electron chi connectivity index (χ3n) is 3.26. The SMILES string of the molecule is CC(C)(C)OC(=O)NC(CO[C@@H]1O[C@H](CO)[C@H](O)[C@H](O)[C@H]1O)C(=O)O. The molecular formula is C14H25NO10. The van der Waals surface area contributed by atoms with Crippen LogP contribution >= 0.6 is 0 Å². The van der Waals surface area contributed by atoms with Crippen LogP contribution in [0.4, 0.5) is 4.79 Å². The number of nitrogens with one attached hydrogen (secondary N) is 1. The number of carboxylic acid groups (broad SMARTS) is 1. The van der Waals surface area contributed by atoms with E-state index in [1.165, 1.54) is 0 Å². The summed E-state index contributed by atoms with van der Waals surface area (Å²) in [5, 5.41) is 49.4. The Morgan fingerprint density at radius 1 is 1.16 bits per heavy atom. The lowest BCUT2D eigenvalue weighted by Gasteiger charge is -2.39. The molecule has 0 aromatic heterocycles. The van der Waals surface area contributed by atoms with Gasteiger partial charge in [-0.2, -0.15) is 0 Å². The summed E-state index contributed by atoms with van der Waals surface area (Å²) in [6, 6.07) is -1.51. The number of aliphatic hydroxyl groups is 4. The van der Waals surface area contributed by atoms with Gasteiger partial charge in [-0.1, -0.05) is 0 Å². The van der Waals surface area contributed by atoms with E-state index >= 15 is 0 Å². The molecule has 0 aliphatic carbocycles. The molecule has 1 heterocycles. The highest BCUT2D eigenvalue weighted by Gasteiger charge is 2.44. The van der Waals surface area contributed by atoms with Gasteiger partial charge in [0.25, 0.3) is 0 Å². The molecule has 11 heteroatoms. The smallest absolute Gasteiger partial charge is 0.408 e. The number of carbonyl (C=O) groups excluding carboxylic acids is 1. The maximum Gasteiger partial charge on any atom is 0.408 e. The maximum absolute atomic E-state index is 11.6. The highest BCUT2D eigenvalue weighted by Crippen LogP contribution is 2.22. The topological polar surface area (TPSA) is 175 Å². The second kappa shape index (κ2) is 8.74. The quantitative estimate of drug-likeness (QED) is 0.302. The first-order chi connectivity index (χ1) is 11.5. The molecule has 0 aromatic rings. The summed E-state index contributed by atoms with van der Waals surface area (Å²) >= 11 is 0. The molecule has 146 valence electrons. The highest BCUT2D eigenvalue weighted by molar-refractivity contribution is 5.80. The summed E-state index contributed by atoms with van der Waals surface area (Å²) in [4.78, 5) is 22.9. The summed E-state index contributed by atoms with van der Waals surface area (Å²) in [5.74, 6) is -1.42. The van der Waals surface area contributed by atoms with E-state index in [1.807, 2.05) is 0 Å². The van der Waals surface area contributed by atoms with E-state index in [0.29, 0.717) is 0 Å². The Kier molecular flexibility index (Phi) is 7.53. The number of aliphatic hydroxyl groups excluding tert-OH is 4. The lowest BCUT2D eigenvalue weighted by Crippen LogP contribution is -2.59. The Labute approximate surface area is 144 Å². The number of alkyl carbamates (subject to hydrolysis) is 1. The average Bonchev–Trinajstić information content (AvgIpc) is 2.48. The van der Waals surface area contributed by atoms with Crippen molar-refractivity contribution in [2.75, 3.05) is 13.2 Å². The Bertz CT molecular complexity index is 463. The first-order valence-electron chi connectivity index (χ1n) is 7.60. The number of hydrogen-bond donors (Lipinski definition) is 6. The molecule has 0 aromatic carbocycles. The van der Waals surface area contributed by atoms with E-state index < -0.39 is 67.6 Å². The Morgan fingerprint density at radius 3 is 2.24 bits per heavy atom. The van der Waals surface area contributed by atoms with Gasteiger partial charge in [-0.25, -0.2) is 9.59 Å². The van der Waals surface area contributed by atoms with Crippen molar-refractivity contribution in [3.05, 3.63) is 0 Å². The summed E-state index contributed by atoms with van der Waals surface area (Å²) in [5.41, 5.74) is -0.828. The van der Waals surface area contributed by atoms with Crippen LogP contribution in [0, 0.1) is 0 Å². The maximum atomic E-state index is 11.6. The zero-order valence-corrected chi connectivity index (χ0v) is 14.2. The van der Waals surface area contributed by atoms with Gasteiger partial charge in [0, 0.05) is 0 Å². The standard InChI is InChI=1S/C14H25NO10/c1-14(2,3)25-13(22)15-6(11(20)21)5-23-12-10(19)9(18)8(17)7(4-16)24-12/h6-10,12,16-19H,4-5H2,1-3H3,(H,15,22)(H,20,21)/t6?,7-,8+,9+,10-,12-/m1/s1. The Balaban J connectivity index is 2.64. The van der Waals surface area contributed by atoms with Crippen molar-refractivity contribution in [3.63, 3.8) is 0 Å². The predicted molar refractivity (Wildman–Crippen MR) is 80.5 cm³/mol. The van der Waals surface area contributed by atoms with Crippen molar-refractivity contribution in [1.29, 1.82) is 0 Å². The van der Waals surface area contributed by atoms with Crippen LogP contribution in [-0.2, 0) is 19.0 Å². The minimum Gasteiger partial charge on any atom is -0.480 e.